The summed E-state index contributed by atoms with van der Waals surface area (Å²) < 4.78 is 12.7. The van der Waals surface area contributed by atoms with Crippen LogP contribution in [0.2, 0.25) is 0 Å². The molecule has 0 saturated heterocycles. The van der Waals surface area contributed by atoms with Gasteiger partial charge in [0.15, 0.2) is 0 Å². The van der Waals surface area contributed by atoms with Crippen molar-refractivity contribution in [3.05, 3.63) is 35.6 Å². The molecule has 0 aliphatic carbocycles. The largest absolute Gasteiger partial charge is 0.480 e. The molecule has 0 bridgehead atoms. The summed E-state index contributed by atoms with van der Waals surface area (Å²) in [6, 6.07) is 5.34. The molecule has 0 spiro atoms. The number of carbonyl (C=O) groups excluding carboxylic acids is 1. The van der Waals surface area contributed by atoms with Gasteiger partial charge in [-0.05, 0) is 30.0 Å². The molecule has 0 saturated carbocycles. The van der Waals surface area contributed by atoms with E-state index in [2.05, 4.69) is 10.6 Å². The Morgan fingerprint density at radius 2 is 1.86 bits per heavy atom. The molecule has 0 heterocycles. The Labute approximate surface area is 123 Å². The van der Waals surface area contributed by atoms with E-state index in [-0.39, 0.29) is 24.2 Å². The minimum absolute atomic E-state index is 0.0431. The zero-order chi connectivity index (χ0) is 15.8. The van der Waals surface area contributed by atoms with E-state index in [1.54, 1.807) is 26.0 Å². The van der Waals surface area contributed by atoms with Gasteiger partial charge in [0, 0.05) is 6.54 Å². The molecule has 3 N–H and O–H groups in total. The monoisotopic (exact) mass is 296 g/mol. The van der Waals surface area contributed by atoms with Gasteiger partial charge in [0.05, 0.1) is 6.54 Å². The molecule has 1 unspecified atom stereocenters. The van der Waals surface area contributed by atoms with Gasteiger partial charge in [-0.15, -0.1) is 0 Å². The van der Waals surface area contributed by atoms with E-state index in [1.165, 1.54) is 12.1 Å². The first-order valence-electron chi connectivity index (χ1n) is 6.87. The van der Waals surface area contributed by atoms with Gasteiger partial charge in [-0.2, -0.15) is 0 Å². The number of halogens is 1. The van der Waals surface area contributed by atoms with Gasteiger partial charge in [-0.25, -0.2) is 4.39 Å². The van der Waals surface area contributed by atoms with E-state index >= 15 is 0 Å². The average molecular weight is 296 g/mol. The Bertz CT molecular complexity index is 474. The first-order valence-corrected chi connectivity index (χ1v) is 6.87. The summed E-state index contributed by atoms with van der Waals surface area (Å²) in [6.07, 6.45) is 0.596. The molecule has 0 fully saturated rings. The summed E-state index contributed by atoms with van der Waals surface area (Å²) in [5.41, 5.74) is 0.926. The SMILES string of the molecule is CC(C)C(NCC(=O)NCCc1ccc(F)cc1)C(=O)O. The first kappa shape index (κ1) is 17.1. The molecule has 0 aromatic heterocycles. The maximum atomic E-state index is 12.7. The van der Waals surface area contributed by atoms with Crippen molar-refractivity contribution in [1.29, 1.82) is 0 Å². The number of nitrogens with one attached hydrogen (secondary N) is 2. The molecule has 0 aliphatic rings. The van der Waals surface area contributed by atoms with Crippen molar-refractivity contribution in [3.8, 4) is 0 Å². The molecule has 0 aliphatic heterocycles. The Hall–Kier alpha value is -1.95. The van der Waals surface area contributed by atoms with Crippen LogP contribution in [-0.4, -0.2) is 36.1 Å². The summed E-state index contributed by atoms with van der Waals surface area (Å²) in [5.74, 6) is -1.62. The molecular formula is C15H21FN2O3. The minimum atomic E-state index is -0.968. The van der Waals surface area contributed by atoms with E-state index in [1.807, 2.05) is 0 Å². The number of benzene rings is 1. The number of hydrogen-bond acceptors (Lipinski definition) is 3. The van der Waals surface area contributed by atoms with E-state index in [9.17, 15) is 14.0 Å². The maximum absolute atomic E-state index is 12.7. The van der Waals surface area contributed by atoms with Crippen LogP contribution in [0.1, 0.15) is 19.4 Å². The highest BCUT2D eigenvalue weighted by Gasteiger charge is 2.21. The van der Waals surface area contributed by atoms with Crippen molar-refractivity contribution in [3.63, 3.8) is 0 Å². The van der Waals surface area contributed by atoms with Crippen molar-refractivity contribution in [2.24, 2.45) is 5.92 Å². The molecule has 1 atom stereocenters. The Kier molecular flexibility index (Phi) is 6.81. The third kappa shape index (κ3) is 6.35. The highest BCUT2D eigenvalue weighted by atomic mass is 19.1. The molecule has 1 rings (SSSR count). The average Bonchev–Trinajstić information content (AvgIpc) is 2.40. The van der Waals surface area contributed by atoms with E-state index in [0.29, 0.717) is 13.0 Å². The fourth-order valence-electron chi connectivity index (χ4n) is 1.87. The second-order valence-corrected chi connectivity index (χ2v) is 5.17. The van der Waals surface area contributed by atoms with Gasteiger partial charge in [0.2, 0.25) is 5.91 Å². The van der Waals surface area contributed by atoms with Crippen LogP contribution in [0.3, 0.4) is 0 Å². The van der Waals surface area contributed by atoms with Crippen LogP contribution >= 0.6 is 0 Å². The summed E-state index contributed by atoms with van der Waals surface area (Å²) >= 11 is 0. The van der Waals surface area contributed by atoms with E-state index < -0.39 is 12.0 Å². The summed E-state index contributed by atoms with van der Waals surface area (Å²) in [6.45, 7) is 3.93. The van der Waals surface area contributed by atoms with Gasteiger partial charge < -0.3 is 10.4 Å². The predicted molar refractivity (Wildman–Crippen MR) is 77.4 cm³/mol. The molecule has 1 amide bonds. The number of carboxylic acid groups (broad SMARTS) is 1. The van der Waals surface area contributed by atoms with Gasteiger partial charge in [0.1, 0.15) is 11.9 Å². The quantitative estimate of drug-likeness (QED) is 0.673. The first-order chi connectivity index (χ1) is 9.90. The highest BCUT2D eigenvalue weighted by Crippen LogP contribution is 2.03. The van der Waals surface area contributed by atoms with Crippen molar-refractivity contribution in [1.82, 2.24) is 10.6 Å². The Morgan fingerprint density at radius 3 is 2.38 bits per heavy atom. The number of rotatable bonds is 8. The lowest BCUT2D eigenvalue weighted by Gasteiger charge is -2.17. The summed E-state index contributed by atoms with van der Waals surface area (Å²) in [4.78, 5) is 22.6. The van der Waals surface area contributed by atoms with Crippen LogP contribution in [0.5, 0.6) is 0 Å². The van der Waals surface area contributed by atoms with Gasteiger partial charge in [-0.3, -0.25) is 14.9 Å². The smallest absolute Gasteiger partial charge is 0.320 e. The van der Waals surface area contributed by atoms with Crippen LogP contribution in [0.15, 0.2) is 24.3 Å². The maximum Gasteiger partial charge on any atom is 0.320 e. The van der Waals surface area contributed by atoms with Crippen LogP contribution in [-0.2, 0) is 16.0 Å². The number of carbonyl (C=O) groups is 2. The van der Waals surface area contributed by atoms with Crippen LogP contribution in [0, 0.1) is 11.7 Å². The minimum Gasteiger partial charge on any atom is -0.480 e. The molecule has 21 heavy (non-hydrogen) atoms. The second-order valence-electron chi connectivity index (χ2n) is 5.17. The third-order valence-corrected chi connectivity index (χ3v) is 3.06. The zero-order valence-electron chi connectivity index (χ0n) is 12.2. The van der Waals surface area contributed by atoms with Gasteiger partial charge in [0.25, 0.3) is 0 Å². The van der Waals surface area contributed by atoms with Crippen LogP contribution in [0.25, 0.3) is 0 Å². The topological polar surface area (TPSA) is 78.4 Å². The second kappa shape index (κ2) is 8.36. The fraction of sp³-hybridized carbons (Fsp3) is 0.467. The molecule has 1 aromatic rings. The standard InChI is InChI=1S/C15H21FN2O3/c1-10(2)14(15(20)21)18-9-13(19)17-8-7-11-3-5-12(16)6-4-11/h3-6,10,14,18H,7-9H2,1-2H3,(H,17,19)(H,20,21). The van der Waals surface area contributed by atoms with Crippen molar-refractivity contribution in [2.75, 3.05) is 13.1 Å². The van der Waals surface area contributed by atoms with Crippen molar-refractivity contribution in [2.45, 2.75) is 26.3 Å². The lowest BCUT2D eigenvalue weighted by Crippen LogP contribution is -2.46. The molecule has 0 radical (unpaired) electrons. The molecule has 1 aromatic carbocycles. The predicted octanol–water partition coefficient (Wildman–Crippen LogP) is 1.18. The molecule has 5 nitrogen and oxygen atoms in total. The van der Waals surface area contributed by atoms with Gasteiger partial charge in [-0.1, -0.05) is 26.0 Å². The van der Waals surface area contributed by atoms with Crippen molar-refractivity contribution < 1.29 is 19.1 Å². The Morgan fingerprint density at radius 1 is 1.24 bits per heavy atom. The lowest BCUT2D eigenvalue weighted by molar-refractivity contribution is -0.140. The Balaban J connectivity index is 2.28. The number of hydrogen-bond donors (Lipinski definition) is 3. The molecule has 116 valence electrons. The van der Waals surface area contributed by atoms with Crippen LogP contribution < -0.4 is 10.6 Å². The highest BCUT2D eigenvalue weighted by molar-refractivity contribution is 5.79. The summed E-state index contributed by atoms with van der Waals surface area (Å²) in [7, 11) is 0. The zero-order valence-corrected chi connectivity index (χ0v) is 12.2. The lowest BCUT2D eigenvalue weighted by atomic mass is 10.1. The van der Waals surface area contributed by atoms with E-state index in [4.69, 9.17) is 5.11 Å². The van der Waals surface area contributed by atoms with Crippen LogP contribution in [0.4, 0.5) is 4.39 Å². The number of carboxylic acids is 1. The number of aliphatic carboxylic acids is 1. The van der Waals surface area contributed by atoms with Crippen molar-refractivity contribution >= 4 is 11.9 Å². The summed E-state index contributed by atoms with van der Waals surface area (Å²) in [5, 5.41) is 14.4. The molecular weight excluding hydrogens is 275 g/mol. The fourth-order valence-corrected chi connectivity index (χ4v) is 1.87. The normalized spacial score (nSPS) is 12.2. The third-order valence-electron chi connectivity index (χ3n) is 3.06. The van der Waals surface area contributed by atoms with E-state index in [0.717, 1.165) is 5.56 Å². The number of amides is 1. The molecule has 6 heteroatoms. The van der Waals surface area contributed by atoms with Gasteiger partial charge >= 0.3 is 5.97 Å².